The maximum atomic E-state index is 13.7. The number of halogens is 3. The molecule has 0 aliphatic carbocycles. The molecule has 0 spiro atoms. The van der Waals surface area contributed by atoms with E-state index in [9.17, 15) is 14.0 Å². The van der Waals surface area contributed by atoms with E-state index in [4.69, 9.17) is 11.6 Å². The Morgan fingerprint density at radius 3 is 2.76 bits per heavy atom. The van der Waals surface area contributed by atoms with Crippen molar-refractivity contribution < 1.29 is 14.0 Å². The fourth-order valence-electron chi connectivity index (χ4n) is 2.74. The summed E-state index contributed by atoms with van der Waals surface area (Å²) in [4.78, 5) is 30.9. The van der Waals surface area contributed by atoms with Gasteiger partial charge in [0, 0.05) is 40.9 Å². The molecule has 0 saturated carbocycles. The van der Waals surface area contributed by atoms with E-state index in [1.807, 2.05) is 24.4 Å². The molecule has 0 atom stereocenters. The highest BCUT2D eigenvalue weighted by atomic mass is 79.9. The highest BCUT2D eigenvalue weighted by molar-refractivity contribution is 9.10. The van der Waals surface area contributed by atoms with Gasteiger partial charge >= 0.3 is 0 Å². The Kier molecular flexibility index (Phi) is 7.00. The zero-order chi connectivity index (χ0) is 20.8. The van der Waals surface area contributed by atoms with E-state index in [-0.39, 0.29) is 29.6 Å². The van der Waals surface area contributed by atoms with E-state index in [1.54, 1.807) is 12.2 Å². The second-order valence-corrected chi connectivity index (χ2v) is 7.36. The average molecular weight is 480 g/mol. The second kappa shape index (κ2) is 9.67. The first-order valence-electron chi connectivity index (χ1n) is 8.71. The van der Waals surface area contributed by atoms with Gasteiger partial charge in [0.05, 0.1) is 11.4 Å². The van der Waals surface area contributed by atoms with Crippen LogP contribution in [-0.2, 0) is 11.2 Å². The van der Waals surface area contributed by atoms with Crippen molar-refractivity contribution in [2.45, 2.75) is 6.42 Å². The molecule has 29 heavy (non-hydrogen) atoms. The number of aromatic nitrogens is 2. The van der Waals surface area contributed by atoms with E-state index in [2.05, 4.69) is 36.5 Å². The number of fused-ring (bicyclic) bond motifs is 1. The number of benzene rings is 1. The van der Waals surface area contributed by atoms with Crippen LogP contribution < -0.4 is 10.6 Å². The topological polar surface area (TPSA) is 86.9 Å². The summed E-state index contributed by atoms with van der Waals surface area (Å²) in [6.45, 7) is 0.472. The second-order valence-electron chi connectivity index (χ2n) is 6.09. The molecule has 0 saturated heterocycles. The molecule has 0 fully saturated rings. The fourth-order valence-corrected chi connectivity index (χ4v) is 3.50. The lowest BCUT2D eigenvalue weighted by atomic mass is 10.1. The summed E-state index contributed by atoms with van der Waals surface area (Å²) >= 11 is 9.13. The van der Waals surface area contributed by atoms with Gasteiger partial charge in [0.2, 0.25) is 5.91 Å². The molecule has 0 unspecified atom stereocenters. The van der Waals surface area contributed by atoms with Gasteiger partial charge in [-0.25, -0.2) is 9.37 Å². The molecule has 2 heterocycles. The molecule has 1 aromatic carbocycles. The van der Waals surface area contributed by atoms with Crippen LogP contribution in [0.3, 0.4) is 0 Å². The van der Waals surface area contributed by atoms with Gasteiger partial charge in [-0.05, 0) is 23.8 Å². The lowest BCUT2D eigenvalue weighted by Gasteiger charge is -2.04. The van der Waals surface area contributed by atoms with Crippen molar-refractivity contribution in [3.05, 3.63) is 75.4 Å². The summed E-state index contributed by atoms with van der Waals surface area (Å²) in [6, 6.07) is 7.07. The van der Waals surface area contributed by atoms with E-state index in [0.29, 0.717) is 6.54 Å². The van der Waals surface area contributed by atoms with Crippen LogP contribution in [0.15, 0.2) is 53.3 Å². The lowest BCUT2D eigenvalue weighted by molar-refractivity contribution is -0.120. The third-order valence-electron chi connectivity index (χ3n) is 4.11. The SMILES string of the molecule is O=C(Cc1c[nH]c2cccc(Br)c12)NC/C=C\CNC(=O)c1nccc(Cl)c1F. The number of pyridine rings is 1. The van der Waals surface area contributed by atoms with Gasteiger partial charge in [-0.2, -0.15) is 0 Å². The molecule has 0 radical (unpaired) electrons. The van der Waals surface area contributed by atoms with Crippen LogP contribution in [0.2, 0.25) is 5.02 Å². The Morgan fingerprint density at radius 1 is 1.21 bits per heavy atom. The third-order valence-corrected chi connectivity index (χ3v) is 5.06. The number of nitrogens with one attached hydrogen (secondary N) is 3. The zero-order valence-corrected chi connectivity index (χ0v) is 17.5. The van der Waals surface area contributed by atoms with E-state index in [0.717, 1.165) is 20.9 Å². The quantitative estimate of drug-likeness (QED) is 0.451. The number of hydrogen-bond donors (Lipinski definition) is 3. The van der Waals surface area contributed by atoms with Gasteiger partial charge in [0.25, 0.3) is 5.91 Å². The van der Waals surface area contributed by atoms with E-state index in [1.165, 1.54) is 12.3 Å². The van der Waals surface area contributed by atoms with Crippen LogP contribution in [-0.4, -0.2) is 34.9 Å². The molecule has 3 aromatic rings. The number of nitrogens with zero attached hydrogens (tertiary/aromatic N) is 1. The number of aromatic amines is 1. The molecule has 0 bridgehead atoms. The predicted octanol–water partition coefficient (Wildman–Crippen LogP) is 3.76. The Labute approximate surface area is 179 Å². The maximum Gasteiger partial charge on any atom is 0.273 e. The summed E-state index contributed by atoms with van der Waals surface area (Å²) in [5.41, 5.74) is 1.50. The normalized spacial score (nSPS) is 11.1. The van der Waals surface area contributed by atoms with Crippen molar-refractivity contribution in [3.8, 4) is 0 Å². The average Bonchev–Trinajstić information content (AvgIpc) is 3.10. The zero-order valence-electron chi connectivity index (χ0n) is 15.1. The Morgan fingerprint density at radius 2 is 1.97 bits per heavy atom. The molecule has 150 valence electrons. The molecule has 6 nitrogen and oxygen atoms in total. The minimum atomic E-state index is -0.855. The molecular formula is C20H17BrClFN4O2. The van der Waals surface area contributed by atoms with Crippen LogP contribution in [0.5, 0.6) is 0 Å². The summed E-state index contributed by atoms with van der Waals surface area (Å²) in [6.07, 6.45) is 6.68. The summed E-state index contributed by atoms with van der Waals surface area (Å²) < 4.78 is 14.7. The van der Waals surface area contributed by atoms with Crippen molar-refractivity contribution >= 4 is 50.2 Å². The number of hydrogen-bond acceptors (Lipinski definition) is 3. The van der Waals surface area contributed by atoms with Crippen molar-refractivity contribution in [2.75, 3.05) is 13.1 Å². The van der Waals surface area contributed by atoms with Crippen molar-refractivity contribution in [2.24, 2.45) is 0 Å². The highest BCUT2D eigenvalue weighted by Crippen LogP contribution is 2.27. The fraction of sp³-hybridized carbons (Fsp3) is 0.150. The van der Waals surface area contributed by atoms with Crippen LogP contribution in [0, 0.1) is 5.82 Å². The third kappa shape index (κ3) is 5.21. The van der Waals surface area contributed by atoms with Crippen molar-refractivity contribution in [1.82, 2.24) is 20.6 Å². The van der Waals surface area contributed by atoms with Gasteiger partial charge in [0.1, 0.15) is 0 Å². The number of carbonyl (C=O) groups is 2. The Hall–Kier alpha value is -2.71. The number of carbonyl (C=O) groups excluding carboxylic acids is 2. The molecule has 9 heteroatoms. The maximum absolute atomic E-state index is 13.7. The van der Waals surface area contributed by atoms with Crippen LogP contribution in [0.25, 0.3) is 10.9 Å². The summed E-state index contributed by atoms with van der Waals surface area (Å²) in [7, 11) is 0. The molecule has 3 rings (SSSR count). The van der Waals surface area contributed by atoms with Gasteiger partial charge in [0.15, 0.2) is 11.5 Å². The first kappa shape index (κ1) is 21.0. The standard InChI is InChI=1S/C20H17BrClFN4O2/c21-13-4-3-5-15-17(13)12(11-27-15)10-16(28)24-7-1-2-8-26-20(29)19-18(23)14(22)6-9-25-19/h1-6,9,11,27H,7-8,10H2,(H,24,28)(H,26,29)/b2-1-. The van der Waals surface area contributed by atoms with Crippen LogP contribution in [0.4, 0.5) is 4.39 Å². The monoisotopic (exact) mass is 478 g/mol. The molecule has 2 amide bonds. The predicted molar refractivity (Wildman–Crippen MR) is 113 cm³/mol. The Balaban J connectivity index is 1.44. The van der Waals surface area contributed by atoms with Crippen molar-refractivity contribution in [3.63, 3.8) is 0 Å². The van der Waals surface area contributed by atoms with Crippen LogP contribution in [0.1, 0.15) is 16.1 Å². The van der Waals surface area contributed by atoms with Gasteiger partial charge in [-0.1, -0.05) is 45.7 Å². The summed E-state index contributed by atoms with van der Waals surface area (Å²) in [5, 5.41) is 6.12. The molecule has 0 aliphatic rings. The Bertz CT molecular complexity index is 1080. The van der Waals surface area contributed by atoms with E-state index >= 15 is 0 Å². The molecule has 0 aliphatic heterocycles. The minimum absolute atomic E-state index is 0.125. The van der Waals surface area contributed by atoms with Crippen molar-refractivity contribution in [1.29, 1.82) is 0 Å². The van der Waals surface area contributed by atoms with E-state index < -0.39 is 11.7 Å². The smallest absolute Gasteiger partial charge is 0.273 e. The lowest BCUT2D eigenvalue weighted by Crippen LogP contribution is -2.27. The molecular weight excluding hydrogens is 463 g/mol. The van der Waals surface area contributed by atoms with Crippen LogP contribution >= 0.6 is 27.5 Å². The minimum Gasteiger partial charge on any atom is -0.361 e. The largest absolute Gasteiger partial charge is 0.361 e. The molecule has 2 aromatic heterocycles. The van der Waals surface area contributed by atoms with Gasteiger partial charge in [-0.3, -0.25) is 9.59 Å². The number of H-pyrrole nitrogens is 1. The summed E-state index contributed by atoms with van der Waals surface area (Å²) in [5.74, 6) is -1.64. The highest BCUT2D eigenvalue weighted by Gasteiger charge is 2.15. The first-order chi connectivity index (χ1) is 14.0. The number of rotatable bonds is 7. The first-order valence-corrected chi connectivity index (χ1v) is 9.89. The molecule has 3 N–H and O–H groups in total. The van der Waals surface area contributed by atoms with Gasteiger partial charge < -0.3 is 15.6 Å². The number of amides is 2. The van der Waals surface area contributed by atoms with Gasteiger partial charge in [-0.15, -0.1) is 0 Å².